The number of benzene rings is 1. The van der Waals surface area contributed by atoms with Crippen molar-refractivity contribution in [2.45, 2.75) is 32.7 Å². The van der Waals surface area contributed by atoms with Crippen molar-refractivity contribution in [3.63, 3.8) is 0 Å². The van der Waals surface area contributed by atoms with Gasteiger partial charge in [-0.1, -0.05) is 0 Å². The summed E-state index contributed by atoms with van der Waals surface area (Å²) in [7, 11) is 0. The Bertz CT molecular complexity index is 466. The van der Waals surface area contributed by atoms with E-state index in [0.29, 0.717) is 6.61 Å². The molecule has 0 atom stereocenters. The SMILES string of the molecule is CCOC(=O)N(c1ccc(NC(C)=O)cc1)C1CC1. The Balaban J connectivity index is 2.13. The summed E-state index contributed by atoms with van der Waals surface area (Å²) in [5.74, 6) is -0.114. The van der Waals surface area contributed by atoms with E-state index >= 15 is 0 Å². The fourth-order valence-electron chi connectivity index (χ4n) is 1.90. The number of rotatable bonds is 4. The fraction of sp³-hybridized carbons (Fsp3) is 0.429. The normalized spacial score (nSPS) is 13.8. The Morgan fingerprint density at radius 1 is 1.32 bits per heavy atom. The summed E-state index contributed by atoms with van der Waals surface area (Å²) in [5.41, 5.74) is 1.52. The van der Waals surface area contributed by atoms with Crippen molar-refractivity contribution in [3.05, 3.63) is 24.3 Å². The lowest BCUT2D eigenvalue weighted by molar-refractivity contribution is -0.114. The van der Waals surface area contributed by atoms with E-state index in [2.05, 4.69) is 5.32 Å². The first kappa shape index (κ1) is 13.4. The zero-order chi connectivity index (χ0) is 13.8. The van der Waals surface area contributed by atoms with Crippen LogP contribution in [0, 0.1) is 0 Å². The third-order valence-electron chi connectivity index (χ3n) is 2.84. The highest BCUT2D eigenvalue weighted by Crippen LogP contribution is 2.32. The number of amides is 2. The number of anilines is 2. The Kier molecular flexibility index (Phi) is 4.04. The molecule has 1 N–H and O–H groups in total. The van der Waals surface area contributed by atoms with Crippen LogP contribution in [-0.2, 0) is 9.53 Å². The minimum Gasteiger partial charge on any atom is -0.449 e. The second-order valence-electron chi connectivity index (χ2n) is 4.53. The molecule has 0 aromatic heterocycles. The average molecular weight is 262 g/mol. The molecule has 2 amide bonds. The van der Waals surface area contributed by atoms with Crippen molar-refractivity contribution in [1.82, 2.24) is 0 Å². The predicted octanol–water partition coefficient (Wildman–Crippen LogP) is 2.77. The van der Waals surface area contributed by atoms with E-state index < -0.39 is 0 Å². The van der Waals surface area contributed by atoms with Crippen molar-refractivity contribution in [3.8, 4) is 0 Å². The number of carbonyl (C=O) groups excluding carboxylic acids is 2. The number of ether oxygens (including phenoxy) is 1. The van der Waals surface area contributed by atoms with Gasteiger partial charge >= 0.3 is 6.09 Å². The summed E-state index contributed by atoms with van der Waals surface area (Å²) in [5, 5.41) is 2.70. The molecule has 1 aromatic carbocycles. The Hall–Kier alpha value is -2.04. The van der Waals surface area contributed by atoms with Gasteiger partial charge in [-0.15, -0.1) is 0 Å². The summed E-state index contributed by atoms with van der Waals surface area (Å²) < 4.78 is 5.07. The van der Waals surface area contributed by atoms with Crippen LogP contribution in [0.1, 0.15) is 26.7 Å². The molecule has 1 fully saturated rings. The van der Waals surface area contributed by atoms with E-state index in [9.17, 15) is 9.59 Å². The predicted molar refractivity (Wildman–Crippen MR) is 73.3 cm³/mol. The van der Waals surface area contributed by atoms with E-state index in [1.165, 1.54) is 6.92 Å². The van der Waals surface area contributed by atoms with E-state index in [4.69, 9.17) is 4.74 Å². The lowest BCUT2D eigenvalue weighted by Gasteiger charge is -2.21. The number of nitrogens with one attached hydrogen (secondary N) is 1. The smallest absolute Gasteiger partial charge is 0.414 e. The van der Waals surface area contributed by atoms with Gasteiger partial charge in [0, 0.05) is 24.3 Å². The van der Waals surface area contributed by atoms with Gasteiger partial charge in [-0.3, -0.25) is 9.69 Å². The van der Waals surface area contributed by atoms with Crippen LogP contribution in [0.3, 0.4) is 0 Å². The van der Waals surface area contributed by atoms with Crippen molar-refractivity contribution in [2.24, 2.45) is 0 Å². The number of hydrogen-bond acceptors (Lipinski definition) is 3. The summed E-state index contributed by atoms with van der Waals surface area (Å²) in [4.78, 5) is 24.6. The second kappa shape index (κ2) is 5.73. The summed E-state index contributed by atoms with van der Waals surface area (Å²) in [6, 6.07) is 7.45. The van der Waals surface area contributed by atoms with Crippen molar-refractivity contribution in [2.75, 3.05) is 16.8 Å². The van der Waals surface area contributed by atoms with Gasteiger partial charge in [-0.25, -0.2) is 4.79 Å². The first-order valence-corrected chi connectivity index (χ1v) is 6.45. The molecular formula is C14H18N2O3. The Labute approximate surface area is 112 Å². The van der Waals surface area contributed by atoms with Crippen molar-refractivity contribution >= 4 is 23.4 Å². The lowest BCUT2D eigenvalue weighted by atomic mass is 10.2. The highest BCUT2D eigenvalue weighted by atomic mass is 16.6. The second-order valence-corrected chi connectivity index (χ2v) is 4.53. The van der Waals surface area contributed by atoms with Gasteiger partial charge in [-0.05, 0) is 44.0 Å². The largest absolute Gasteiger partial charge is 0.449 e. The van der Waals surface area contributed by atoms with Gasteiger partial charge in [0.05, 0.1) is 6.61 Å². The number of nitrogens with zero attached hydrogens (tertiary/aromatic N) is 1. The van der Waals surface area contributed by atoms with Crippen LogP contribution in [0.25, 0.3) is 0 Å². The minimum atomic E-state index is -0.308. The molecule has 0 heterocycles. The van der Waals surface area contributed by atoms with Crippen LogP contribution in [0.2, 0.25) is 0 Å². The molecule has 1 aromatic rings. The maximum absolute atomic E-state index is 11.9. The summed E-state index contributed by atoms with van der Waals surface area (Å²) in [6.45, 7) is 3.62. The van der Waals surface area contributed by atoms with E-state index in [-0.39, 0.29) is 18.0 Å². The quantitative estimate of drug-likeness (QED) is 0.907. The Morgan fingerprint density at radius 2 is 1.95 bits per heavy atom. The molecule has 0 unspecified atom stereocenters. The van der Waals surface area contributed by atoms with E-state index in [1.807, 2.05) is 12.1 Å². The molecule has 2 rings (SSSR count). The van der Waals surface area contributed by atoms with Crippen LogP contribution in [0.15, 0.2) is 24.3 Å². The van der Waals surface area contributed by atoms with Gasteiger partial charge in [0.1, 0.15) is 0 Å². The highest BCUT2D eigenvalue weighted by molar-refractivity contribution is 5.91. The summed E-state index contributed by atoms with van der Waals surface area (Å²) >= 11 is 0. The van der Waals surface area contributed by atoms with Gasteiger partial charge in [0.15, 0.2) is 0 Å². The first-order valence-electron chi connectivity index (χ1n) is 6.45. The average Bonchev–Trinajstić information content (AvgIpc) is 3.16. The molecule has 0 saturated heterocycles. The molecule has 19 heavy (non-hydrogen) atoms. The van der Waals surface area contributed by atoms with Gasteiger partial charge in [0.2, 0.25) is 5.91 Å². The molecule has 1 saturated carbocycles. The first-order chi connectivity index (χ1) is 9.11. The van der Waals surface area contributed by atoms with Crippen LogP contribution in [-0.4, -0.2) is 24.6 Å². The molecule has 0 spiro atoms. The molecule has 0 aliphatic heterocycles. The third-order valence-corrected chi connectivity index (χ3v) is 2.84. The molecule has 1 aliphatic carbocycles. The number of hydrogen-bond donors (Lipinski definition) is 1. The molecule has 5 heteroatoms. The topological polar surface area (TPSA) is 58.6 Å². The fourth-order valence-corrected chi connectivity index (χ4v) is 1.90. The monoisotopic (exact) mass is 262 g/mol. The molecule has 102 valence electrons. The van der Waals surface area contributed by atoms with Crippen molar-refractivity contribution < 1.29 is 14.3 Å². The van der Waals surface area contributed by atoms with Crippen LogP contribution in [0.5, 0.6) is 0 Å². The number of carbonyl (C=O) groups is 2. The van der Waals surface area contributed by atoms with Crippen LogP contribution < -0.4 is 10.2 Å². The maximum atomic E-state index is 11.9. The van der Waals surface area contributed by atoms with Crippen molar-refractivity contribution in [1.29, 1.82) is 0 Å². The zero-order valence-electron chi connectivity index (χ0n) is 11.2. The molecule has 5 nitrogen and oxygen atoms in total. The molecule has 0 bridgehead atoms. The van der Waals surface area contributed by atoms with Gasteiger partial charge in [-0.2, -0.15) is 0 Å². The lowest BCUT2D eigenvalue weighted by Crippen LogP contribution is -2.33. The maximum Gasteiger partial charge on any atom is 0.414 e. The van der Waals surface area contributed by atoms with Gasteiger partial charge < -0.3 is 10.1 Å². The highest BCUT2D eigenvalue weighted by Gasteiger charge is 2.34. The van der Waals surface area contributed by atoms with E-state index in [1.54, 1.807) is 24.0 Å². The summed E-state index contributed by atoms with van der Waals surface area (Å²) in [6.07, 6.45) is 1.70. The van der Waals surface area contributed by atoms with E-state index in [0.717, 1.165) is 24.2 Å². The molecule has 0 radical (unpaired) electrons. The molecular weight excluding hydrogens is 244 g/mol. The Morgan fingerprint density at radius 3 is 2.42 bits per heavy atom. The zero-order valence-corrected chi connectivity index (χ0v) is 11.2. The van der Waals surface area contributed by atoms with Crippen LogP contribution in [0.4, 0.5) is 16.2 Å². The minimum absolute atomic E-state index is 0.114. The van der Waals surface area contributed by atoms with Gasteiger partial charge in [0.25, 0.3) is 0 Å². The molecule has 1 aliphatic rings. The standard InChI is InChI=1S/C14H18N2O3/c1-3-19-14(18)16(13-8-9-13)12-6-4-11(5-7-12)15-10(2)17/h4-7,13H,3,8-9H2,1-2H3,(H,15,17). The van der Waals surface area contributed by atoms with Crippen LogP contribution >= 0.6 is 0 Å². The third kappa shape index (κ3) is 3.47.